The number of nitrogens with zero attached hydrogens (tertiary/aromatic N) is 2. The number of hydrazone groups is 1. The van der Waals surface area contributed by atoms with E-state index >= 15 is 0 Å². The number of nitrogens with one attached hydrogen (secondary N) is 1. The van der Waals surface area contributed by atoms with Crippen LogP contribution in [-0.2, 0) is 0 Å². The van der Waals surface area contributed by atoms with Crippen molar-refractivity contribution >= 4 is 45.4 Å². The van der Waals surface area contributed by atoms with E-state index in [0.29, 0.717) is 0 Å². The molecular weight excluding hydrogens is 268 g/mol. The van der Waals surface area contributed by atoms with Gasteiger partial charge in [-0.15, -0.1) is 0 Å². The maximum atomic E-state index is 5.38. The summed E-state index contributed by atoms with van der Waals surface area (Å²) >= 11 is 4.74. The number of hydrogen-bond donors (Lipinski definition) is 2. The standard InChI is InChI=1S/C15H12N4S/c16-15(20)19-17-9-12-10-5-1-3-7-13(10)18-14-8-4-2-6-11(12)14/h1-9H,(H3,16,19,20). The molecule has 20 heavy (non-hydrogen) atoms. The number of pyridine rings is 1. The van der Waals surface area contributed by atoms with Crippen molar-refractivity contribution < 1.29 is 0 Å². The van der Waals surface area contributed by atoms with Gasteiger partial charge in [0.2, 0.25) is 0 Å². The van der Waals surface area contributed by atoms with Gasteiger partial charge in [-0.1, -0.05) is 36.4 Å². The first kappa shape index (κ1) is 12.5. The second-order valence-corrected chi connectivity index (χ2v) is 4.73. The predicted molar refractivity (Wildman–Crippen MR) is 86.8 cm³/mol. The molecule has 5 heteroatoms. The number of thiocarbonyl (C=S) groups is 1. The van der Waals surface area contributed by atoms with Crippen molar-refractivity contribution in [2.24, 2.45) is 10.8 Å². The molecule has 0 spiro atoms. The fourth-order valence-corrected chi connectivity index (χ4v) is 2.22. The molecule has 0 aliphatic rings. The highest BCUT2D eigenvalue weighted by Gasteiger charge is 2.06. The topological polar surface area (TPSA) is 63.3 Å². The lowest BCUT2D eigenvalue weighted by Gasteiger charge is -2.06. The molecule has 0 amide bonds. The van der Waals surface area contributed by atoms with E-state index in [-0.39, 0.29) is 5.11 Å². The van der Waals surface area contributed by atoms with Crippen LogP contribution in [0, 0.1) is 0 Å². The number of fused-ring (bicyclic) bond motifs is 2. The molecule has 0 aliphatic heterocycles. The second-order valence-electron chi connectivity index (χ2n) is 4.29. The molecule has 98 valence electrons. The molecule has 0 unspecified atom stereocenters. The molecular formula is C15H12N4S. The highest BCUT2D eigenvalue weighted by Crippen LogP contribution is 2.24. The minimum absolute atomic E-state index is 0.143. The molecule has 1 heterocycles. The summed E-state index contributed by atoms with van der Waals surface area (Å²) in [6.07, 6.45) is 1.73. The summed E-state index contributed by atoms with van der Waals surface area (Å²) in [6.45, 7) is 0. The van der Waals surface area contributed by atoms with Gasteiger partial charge in [-0.05, 0) is 24.4 Å². The van der Waals surface area contributed by atoms with Gasteiger partial charge in [-0.2, -0.15) is 5.10 Å². The van der Waals surface area contributed by atoms with E-state index < -0.39 is 0 Å². The molecule has 0 saturated heterocycles. The smallest absolute Gasteiger partial charge is 0.184 e. The maximum absolute atomic E-state index is 5.38. The van der Waals surface area contributed by atoms with E-state index in [1.54, 1.807) is 6.21 Å². The first-order valence-electron chi connectivity index (χ1n) is 6.12. The Hall–Kier alpha value is -2.53. The molecule has 1 aromatic heterocycles. The van der Waals surface area contributed by atoms with Crippen LogP contribution in [0.4, 0.5) is 0 Å². The van der Waals surface area contributed by atoms with Crippen LogP contribution < -0.4 is 11.2 Å². The van der Waals surface area contributed by atoms with Crippen molar-refractivity contribution in [3.05, 3.63) is 54.1 Å². The zero-order valence-electron chi connectivity index (χ0n) is 10.6. The Morgan fingerprint density at radius 3 is 2.15 bits per heavy atom. The number of hydrogen-bond acceptors (Lipinski definition) is 3. The van der Waals surface area contributed by atoms with Crippen molar-refractivity contribution in [2.75, 3.05) is 0 Å². The number of rotatable bonds is 2. The van der Waals surface area contributed by atoms with Gasteiger partial charge in [0.05, 0.1) is 17.2 Å². The van der Waals surface area contributed by atoms with E-state index in [1.165, 1.54) is 0 Å². The van der Waals surface area contributed by atoms with E-state index in [1.807, 2.05) is 48.5 Å². The lowest BCUT2D eigenvalue weighted by molar-refractivity contribution is 1.04. The number of nitrogens with two attached hydrogens (primary N) is 1. The molecule has 0 bridgehead atoms. The highest BCUT2D eigenvalue weighted by atomic mass is 32.1. The Balaban J connectivity index is 2.27. The SMILES string of the molecule is NC(=S)NN=Cc1c2ccccc2nc2ccccc12. The van der Waals surface area contributed by atoms with E-state index in [9.17, 15) is 0 Å². The summed E-state index contributed by atoms with van der Waals surface area (Å²) < 4.78 is 0. The van der Waals surface area contributed by atoms with Crippen molar-refractivity contribution in [1.29, 1.82) is 0 Å². The highest BCUT2D eigenvalue weighted by molar-refractivity contribution is 7.80. The Morgan fingerprint density at radius 1 is 1.05 bits per heavy atom. The monoisotopic (exact) mass is 280 g/mol. The molecule has 0 saturated carbocycles. The third-order valence-corrected chi connectivity index (χ3v) is 3.09. The molecule has 0 atom stereocenters. The quantitative estimate of drug-likeness (QED) is 0.328. The summed E-state index contributed by atoms with van der Waals surface area (Å²) in [5, 5.41) is 6.30. The van der Waals surface area contributed by atoms with Gasteiger partial charge in [0.15, 0.2) is 5.11 Å². The summed E-state index contributed by atoms with van der Waals surface area (Å²) in [7, 11) is 0. The zero-order valence-corrected chi connectivity index (χ0v) is 11.4. The maximum Gasteiger partial charge on any atom is 0.184 e. The molecule has 3 rings (SSSR count). The molecule has 0 fully saturated rings. The number of para-hydroxylation sites is 2. The molecule has 0 aliphatic carbocycles. The van der Waals surface area contributed by atoms with Gasteiger partial charge in [-0.3, -0.25) is 5.43 Å². The van der Waals surface area contributed by atoms with Gasteiger partial charge in [0.1, 0.15) is 0 Å². The number of aromatic nitrogens is 1. The third kappa shape index (κ3) is 2.31. The van der Waals surface area contributed by atoms with Gasteiger partial charge in [-0.25, -0.2) is 4.98 Å². The van der Waals surface area contributed by atoms with Gasteiger partial charge >= 0.3 is 0 Å². The molecule has 2 aromatic carbocycles. The summed E-state index contributed by atoms with van der Waals surface area (Å²) in [5.41, 5.74) is 10.8. The first-order chi connectivity index (χ1) is 9.75. The average molecular weight is 280 g/mol. The molecule has 3 aromatic rings. The predicted octanol–water partition coefficient (Wildman–Crippen LogP) is 2.56. The average Bonchev–Trinajstić information content (AvgIpc) is 2.46. The van der Waals surface area contributed by atoms with Crippen molar-refractivity contribution in [1.82, 2.24) is 10.4 Å². The van der Waals surface area contributed by atoms with Crippen molar-refractivity contribution in [2.45, 2.75) is 0 Å². The van der Waals surface area contributed by atoms with Crippen LogP contribution in [0.2, 0.25) is 0 Å². The Kier molecular flexibility index (Phi) is 3.26. The largest absolute Gasteiger partial charge is 0.375 e. The summed E-state index contributed by atoms with van der Waals surface area (Å²) in [6, 6.07) is 15.9. The van der Waals surface area contributed by atoms with Crippen LogP contribution in [0.1, 0.15) is 5.56 Å². The molecule has 4 nitrogen and oxygen atoms in total. The zero-order chi connectivity index (χ0) is 13.9. The van der Waals surface area contributed by atoms with Gasteiger partial charge < -0.3 is 5.73 Å². The lowest BCUT2D eigenvalue weighted by Crippen LogP contribution is -2.24. The lowest BCUT2D eigenvalue weighted by atomic mass is 10.0. The Morgan fingerprint density at radius 2 is 1.60 bits per heavy atom. The minimum Gasteiger partial charge on any atom is -0.375 e. The van der Waals surface area contributed by atoms with Crippen LogP contribution in [0.3, 0.4) is 0 Å². The van der Waals surface area contributed by atoms with Crippen LogP contribution in [0.15, 0.2) is 53.6 Å². The molecule has 0 radical (unpaired) electrons. The molecule has 3 N–H and O–H groups in total. The van der Waals surface area contributed by atoms with Crippen LogP contribution in [0.5, 0.6) is 0 Å². The van der Waals surface area contributed by atoms with Crippen LogP contribution >= 0.6 is 12.2 Å². The normalized spacial score (nSPS) is 11.2. The summed E-state index contributed by atoms with van der Waals surface area (Å²) in [4.78, 5) is 4.65. The third-order valence-electron chi connectivity index (χ3n) is 3.00. The Labute approximate surface area is 121 Å². The van der Waals surface area contributed by atoms with Crippen molar-refractivity contribution in [3.8, 4) is 0 Å². The van der Waals surface area contributed by atoms with Crippen LogP contribution in [0.25, 0.3) is 21.8 Å². The Bertz CT molecular complexity index is 772. The second kappa shape index (κ2) is 5.22. The summed E-state index contributed by atoms with van der Waals surface area (Å²) in [5.74, 6) is 0. The minimum atomic E-state index is 0.143. The van der Waals surface area contributed by atoms with Crippen molar-refractivity contribution in [3.63, 3.8) is 0 Å². The van der Waals surface area contributed by atoms with Crippen LogP contribution in [-0.4, -0.2) is 16.3 Å². The first-order valence-corrected chi connectivity index (χ1v) is 6.52. The van der Waals surface area contributed by atoms with Gasteiger partial charge in [0.25, 0.3) is 0 Å². The number of benzene rings is 2. The fourth-order valence-electron chi connectivity index (χ4n) is 2.17. The van der Waals surface area contributed by atoms with Gasteiger partial charge in [0, 0.05) is 16.3 Å². The fraction of sp³-hybridized carbons (Fsp3) is 0. The van der Waals surface area contributed by atoms with E-state index in [4.69, 9.17) is 18.0 Å². The van der Waals surface area contributed by atoms with E-state index in [2.05, 4.69) is 15.5 Å². The van der Waals surface area contributed by atoms with E-state index in [0.717, 1.165) is 27.4 Å².